The summed E-state index contributed by atoms with van der Waals surface area (Å²) in [4.78, 5) is 4.02. The van der Waals surface area contributed by atoms with Gasteiger partial charge in [-0.15, -0.1) is 0 Å². The van der Waals surface area contributed by atoms with Crippen LogP contribution in [0.3, 0.4) is 0 Å². The van der Waals surface area contributed by atoms with Crippen molar-refractivity contribution in [3.05, 3.63) is 53.7 Å². The minimum absolute atomic E-state index is 0.387. The lowest BCUT2D eigenvalue weighted by atomic mass is 10.2. The minimum atomic E-state index is -4.33. The molecule has 0 aliphatic carbocycles. The fourth-order valence-electron chi connectivity index (χ4n) is 1.65. The molecule has 0 radical (unpaired) electrons. The minimum Gasteiger partial charge on any atom is -0.481 e. The zero-order valence-corrected chi connectivity index (χ0v) is 10.7. The number of anilines is 1. The van der Waals surface area contributed by atoms with Gasteiger partial charge in [-0.1, -0.05) is 12.1 Å². The summed E-state index contributed by atoms with van der Waals surface area (Å²) >= 11 is 0. The molecule has 0 unspecified atom stereocenters. The lowest BCUT2D eigenvalue weighted by Gasteiger charge is -2.10. The van der Waals surface area contributed by atoms with E-state index in [0.717, 1.165) is 17.7 Å². The van der Waals surface area contributed by atoms with E-state index in [1.165, 1.54) is 13.2 Å². The number of halogens is 3. The van der Waals surface area contributed by atoms with E-state index in [1.54, 1.807) is 24.4 Å². The van der Waals surface area contributed by atoms with Gasteiger partial charge >= 0.3 is 6.18 Å². The molecule has 20 heavy (non-hydrogen) atoms. The van der Waals surface area contributed by atoms with Crippen molar-refractivity contribution in [2.24, 2.45) is 0 Å². The van der Waals surface area contributed by atoms with Gasteiger partial charge in [-0.25, -0.2) is 4.98 Å². The van der Waals surface area contributed by atoms with Crippen molar-refractivity contribution in [1.82, 2.24) is 4.98 Å². The number of hydrogen-bond donors (Lipinski definition) is 1. The molecule has 0 fully saturated rings. The van der Waals surface area contributed by atoms with Crippen molar-refractivity contribution in [1.29, 1.82) is 0 Å². The summed E-state index contributed by atoms with van der Waals surface area (Å²) in [5.74, 6) is 0.493. The Morgan fingerprint density at radius 1 is 1.20 bits per heavy atom. The Labute approximate surface area is 114 Å². The van der Waals surface area contributed by atoms with Crippen molar-refractivity contribution < 1.29 is 17.9 Å². The van der Waals surface area contributed by atoms with Crippen LogP contribution in [0.1, 0.15) is 11.1 Å². The van der Waals surface area contributed by atoms with Gasteiger partial charge in [0.05, 0.1) is 12.7 Å². The molecule has 0 saturated carbocycles. The van der Waals surface area contributed by atoms with Gasteiger partial charge in [0.15, 0.2) is 0 Å². The van der Waals surface area contributed by atoms with E-state index < -0.39 is 11.7 Å². The molecule has 1 N–H and O–H groups in total. The van der Waals surface area contributed by atoms with Crippen LogP contribution >= 0.6 is 0 Å². The summed E-state index contributed by atoms with van der Waals surface area (Å²) in [7, 11) is 1.52. The van der Waals surface area contributed by atoms with Gasteiger partial charge in [0.25, 0.3) is 0 Å². The Balaban J connectivity index is 2.03. The normalized spacial score (nSPS) is 11.2. The smallest absolute Gasteiger partial charge is 0.416 e. The molecule has 2 rings (SSSR count). The number of hydrogen-bond acceptors (Lipinski definition) is 3. The zero-order valence-electron chi connectivity index (χ0n) is 10.7. The molecule has 0 spiro atoms. The second kappa shape index (κ2) is 5.81. The molecule has 3 nitrogen and oxygen atoms in total. The number of nitrogens with zero attached hydrogens (tertiary/aromatic N) is 1. The van der Waals surface area contributed by atoms with E-state index in [1.807, 2.05) is 0 Å². The van der Waals surface area contributed by atoms with Crippen molar-refractivity contribution in [2.45, 2.75) is 12.7 Å². The second-order valence-electron chi connectivity index (χ2n) is 4.14. The number of nitrogens with one attached hydrogen (secondary N) is 1. The van der Waals surface area contributed by atoms with Crippen LogP contribution in [-0.4, -0.2) is 12.1 Å². The van der Waals surface area contributed by atoms with Crippen LogP contribution in [0.25, 0.3) is 0 Å². The first-order valence-corrected chi connectivity index (χ1v) is 5.89. The Morgan fingerprint density at radius 2 is 2.00 bits per heavy atom. The van der Waals surface area contributed by atoms with E-state index in [9.17, 15) is 13.2 Å². The van der Waals surface area contributed by atoms with Gasteiger partial charge in [-0.3, -0.25) is 0 Å². The largest absolute Gasteiger partial charge is 0.481 e. The topological polar surface area (TPSA) is 34.1 Å². The number of rotatable bonds is 4. The molecule has 1 heterocycles. The van der Waals surface area contributed by atoms with Crippen LogP contribution in [0, 0.1) is 0 Å². The second-order valence-corrected chi connectivity index (χ2v) is 4.14. The first-order valence-electron chi connectivity index (χ1n) is 5.89. The maximum atomic E-state index is 12.6. The van der Waals surface area contributed by atoms with Gasteiger partial charge < -0.3 is 10.1 Å². The fourth-order valence-corrected chi connectivity index (χ4v) is 1.65. The Kier molecular flexibility index (Phi) is 4.12. The summed E-state index contributed by atoms with van der Waals surface area (Å²) in [5.41, 5.74) is 0.592. The first-order chi connectivity index (χ1) is 9.49. The van der Waals surface area contributed by atoms with Gasteiger partial charge in [-0.2, -0.15) is 13.2 Å². The van der Waals surface area contributed by atoms with Crippen LogP contribution < -0.4 is 10.1 Å². The van der Waals surface area contributed by atoms with E-state index >= 15 is 0 Å². The van der Waals surface area contributed by atoms with Gasteiger partial charge in [0.2, 0.25) is 5.88 Å². The van der Waals surface area contributed by atoms with Gasteiger partial charge in [0, 0.05) is 24.5 Å². The Bertz CT molecular complexity index is 567. The Hall–Kier alpha value is -2.24. The van der Waals surface area contributed by atoms with Crippen molar-refractivity contribution in [3.63, 3.8) is 0 Å². The standard InChI is InChI=1S/C14H13F3N2O/c1-20-13-6-5-10(9-19-13)8-18-12-4-2-3-11(7-12)14(15,16)17/h2-7,9,18H,8H2,1H3. The molecule has 1 aromatic carbocycles. The molecule has 1 aromatic heterocycles. The van der Waals surface area contributed by atoms with Crippen LogP contribution in [0.15, 0.2) is 42.6 Å². The first kappa shape index (κ1) is 14.2. The average molecular weight is 282 g/mol. The molecule has 6 heteroatoms. The number of benzene rings is 1. The maximum Gasteiger partial charge on any atom is 0.416 e. The molecule has 0 bridgehead atoms. The van der Waals surface area contributed by atoms with E-state index in [4.69, 9.17) is 4.74 Å². The molecule has 106 valence electrons. The Morgan fingerprint density at radius 3 is 2.60 bits per heavy atom. The number of alkyl halides is 3. The summed E-state index contributed by atoms with van der Waals surface area (Å²) in [6.45, 7) is 0.387. The van der Waals surface area contributed by atoms with E-state index in [2.05, 4.69) is 10.3 Å². The van der Waals surface area contributed by atoms with E-state index in [0.29, 0.717) is 18.1 Å². The quantitative estimate of drug-likeness (QED) is 0.928. The fraction of sp³-hybridized carbons (Fsp3) is 0.214. The summed E-state index contributed by atoms with van der Waals surface area (Å²) < 4.78 is 42.6. The van der Waals surface area contributed by atoms with Gasteiger partial charge in [0.1, 0.15) is 0 Å². The molecule has 0 aliphatic rings. The average Bonchev–Trinajstić information content (AvgIpc) is 2.45. The third-order valence-corrected chi connectivity index (χ3v) is 2.69. The highest BCUT2D eigenvalue weighted by Gasteiger charge is 2.30. The highest BCUT2D eigenvalue weighted by molar-refractivity contribution is 5.46. The van der Waals surface area contributed by atoms with Crippen LogP contribution in [0.4, 0.5) is 18.9 Å². The zero-order chi connectivity index (χ0) is 14.6. The third kappa shape index (κ3) is 3.63. The van der Waals surface area contributed by atoms with E-state index in [-0.39, 0.29) is 0 Å². The summed E-state index contributed by atoms with van der Waals surface area (Å²) in [5, 5.41) is 2.93. The van der Waals surface area contributed by atoms with Crippen molar-refractivity contribution >= 4 is 5.69 Å². The molecule has 0 atom stereocenters. The summed E-state index contributed by atoms with van der Waals surface area (Å²) in [6, 6.07) is 8.58. The highest BCUT2D eigenvalue weighted by Crippen LogP contribution is 2.30. The van der Waals surface area contributed by atoms with Crippen molar-refractivity contribution in [2.75, 3.05) is 12.4 Å². The molecule has 0 aliphatic heterocycles. The highest BCUT2D eigenvalue weighted by atomic mass is 19.4. The monoisotopic (exact) mass is 282 g/mol. The van der Waals surface area contributed by atoms with Crippen LogP contribution in [-0.2, 0) is 12.7 Å². The van der Waals surface area contributed by atoms with Crippen LogP contribution in [0.2, 0.25) is 0 Å². The van der Waals surface area contributed by atoms with Crippen molar-refractivity contribution in [3.8, 4) is 5.88 Å². The van der Waals surface area contributed by atoms with Gasteiger partial charge in [-0.05, 0) is 23.8 Å². The molecule has 0 saturated heterocycles. The number of pyridine rings is 1. The number of ether oxygens (including phenoxy) is 1. The predicted octanol–water partition coefficient (Wildman–Crippen LogP) is 3.72. The predicted molar refractivity (Wildman–Crippen MR) is 69.6 cm³/mol. The lowest BCUT2D eigenvalue weighted by molar-refractivity contribution is -0.137. The lowest BCUT2D eigenvalue weighted by Crippen LogP contribution is -2.06. The molecular formula is C14H13F3N2O. The molecule has 0 amide bonds. The number of aromatic nitrogens is 1. The molecule has 2 aromatic rings. The SMILES string of the molecule is COc1ccc(CNc2cccc(C(F)(F)F)c2)cn1. The maximum absolute atomic E-state index is 12.6. The number of methoxy groups -OCH3 is 1. The third-order valence-electron chi connectivity index (χ3n) is 2.69. The molecular weight excluding hydrogens is 269 g/mol. The van der Waals surface area contributed by atoms with Crippen LogP contribution in [0.5, 0.6) is 5.88 Å². The summed E-state index contributed by atoms with van der Waals surface area (Å²) in [6.07, 6.45) is -2.72.